The molecule has 6 nitrogen and oxygen atoms in total. The molecular weight excluding hydrogens is 294 g/mol. The van der Waals surface area contributed by atoms with Crippen LogP contribution in [0.5, 0.6) is 0 Å². The Morgan fingerprint density at radius 3 is 2.13 bits per heavy atom. The number of rotatable bonds is 2. The van der Waals surface area contributed by atoms with E-state index in [1.807, 2.05) is 20.8 Å². The lowest BCUT2D eigenvalue weighted by molar-refractivity contribution is 0.0745. The lowest BCUT2D eigenvalue weighted by Gasteiger charge is -2.48. The molecule has 0 aromatic carbocycles. The zero-order chi connectivity index (χ0) is 17.5. The van der Waals surface area contributed by atoms with Crippen molar-refractivity contribution in [2.24, 2.45) is 5.41 Å². The van der Waals surface area contributed by atoms with Crippen LogP contribution in [0.25, 0.3) is 0 Å². The Morgan fingerprint density at radius 1 is 1.17 bits per heavy atom. The summed E-state index contributed by atoms with van der Waals surface area (Å²) in [6.45, 7) is 12.4. The van der Waals surface area contributed by atoms with Crippen LogP contribution in [0.3, 0.4) is 0 Å². The van der Waals surface area contributed by atoms with E-state index in [1.165, 1.54) is 0 Å². The molecule has 130 valence electrons. The number of nitrogens with zero attached hydrogens (tertiary/aromatic N) is 2. The van der Waals surface area contributed by atoms with Gasteiger partial charge in [0.1, 0.15) is 0 Å². The monoisotopic (exact) mass is 323 g/mol. The summed E-state index contributed by atoms with van der Waals surface area (Å²) < 4.78 is 5.86. The summed E-state index contributed by atoms with van der Waals surface area (Å²) in [5.74, 6) is 1.56. The molecule has 1 fully saturated rings. The molecule has 0 saturated heterocycles. The molecule has 2 rings (SSSR count). The van der Waals surface area contributed by atoms with Gasteiger partial charge in [0.05, 0.1) is 0 Å². The lowest BCUT2D eigenvalue weighted by atomic mass is 9.63. The number of carbonyl (C=O) groups is 1. The molecule has 0 aliphatic heterocycles. The minimum absolute atomic E-state index is 0.137. The lowest BCUT2D eigenvalue weighted by Crippen LogP contribution is -2.58. The third kappa shape index (κ3) is 3.67. The summed E-state index contributed by atoms with van der Waals surface area (Å²) in [5.41, 5.74) is -0.691. The molecule has 0 bridgehead atoms. The molecule has 1 aliphatic rings. The first-order chi connectivity index (χ1) is 10.4. The minimum Gasteiger partial charge on any atom is -0.465 e. The molecule has 1 amide bonds. The van der Waals surface area contributed by atoms with Crippen molar-refractivity contribution in [2.75, 3.05) is 0 Å². The van der Waals surface area contributed by atoms with Crippen molar-refractivity contribution < 1.29 is 14.3 Å². The van der Waals surface area contributed by atoms with Gasteiger partial charge in [-0.25, -0.2) is 4.79 Å². The van der Waals surface area contributed by atoms with E-state index in [0.717, 1.165) is 25.7 Å². The van der Waals surface area contributed by atoms with E-state index in [0.29, 0.717) is 11.8 Å². The van der Waals surface area contributed by atoms with Gasteiger partial charge in [0.15, 0.2) is 0 Å². The van der Waals surface area contributed by atoms with Crippen molar-refractivity contribution in [3.05, 3.63) is 11.8 Å². The minimum atomic E-state index is -0.953. The molecular formula is C17H29N3O3. The Bertz CT molecular complexity index is 558. The van der Waals surface area contributed by atoms with Crippen LogP contribution in [-0.4, -0.2) is 26.9 Å². The van der Waals surface area contributed by atoms with Crippen molar-refractivity contribution in [3.8, 4) is 0 Å². The van der Waals surface area contributed by atoms with Crippen LogP contribution >= 0.6 is 0 Å². The van der Waals surface area contributed by atoms with Gasteiger partial charge in [-0.2, -0.15) is 0 Å². The fourth-order valence-corrected chi connectivity index (χ4v) is 3.33. The van der Waals surface area contributed by atoms with E-state index in [4.69, 9.17) is 4.42 Å². The number of hydrogen-bond donors (Lipinski definition) is 2. The van der Waals surface area contributed by atoms with Crippen LogP contribution < -0.4 is 5.32 Å². The average molecular weight is 323 g/mol. The summed E-state index contributed by atoms with van der Waals surface area (Å²) in [4.78, 5) is 11.2. The van der Waals surface area contributed by atoms with E-state index in [-0.39, 0.29) is 16.7 Å². The largest absolute Gasteiger partial charge is 0.465 e. The molecule has 1 aromatic rings. The van der Waals surface area contributed by atoms with Crippen LogP contribution in [0.2, 0.25) is 0 Å². The van der Waals surface area contributed by atoms with E-state index in [9.17, 15) is 9.90 Å². The number of aromatic nitrogens is 2. The Morgan fingerprint density at radius 2 is 1.74 bits per heavy atom. The predicted octanol–water partition coefficient (Wildman–Crippen LogP) is 4.08. The maximum atomic E-state index is 11.2. The highest BCUT2D eigenvalue weighted by molar-refractivity contribution is 5.66. The van der Waals surface area contributed by atoms with Crippen molar-refractivity contribution in [1.82, 2.24) is 15.5 Å². The molecule has 0 unspecified atom stereocenters. The number of amides is 1. The van der Waals surface area contributed by atoms with Gasteiger partial charge >= 0.3 is 6.09 Å². The Kier molecular flexibility index (Phi) is 4.48. The van der Waals surface area contributed by atoms with Gasteiger partial charge in [0.25, 0.3) is 0 Å². The number of carboxylic acid groups (broad SMARTS) is 1. The second kappa shape index (κ2) is 5.80. The highest BCUT2D eigenvalue weighted by Crippen LogP contribution is 2.46. The fraction of sp³-hybridized carbons (Fsp3) is 0.824. The van der Waals surface area contributed by atoms with Crippen LogP contribution in [0.4, 0.5) is 4.79 Å². The summed E-state index contributed by atoms with van der Waals surface area (Å²) >= 11 is 0. The number of hydrogen-bond acceptors (Lipinski definition) is 4. The second-order valence-electron chi connectivity index (χ2n) is 8.73. The van der Waals surface area contributed by atoms with E-state index in [2.05, 4.69) is 36.3 Å². The summed E-state index contributed by atoms with van der Waals surface area (Å²) in [6, 6.07) is 0. The van der Waals surface area contributed by atoms with Crippen molar-refractivity contribution in [3.63, 3.8) is 0 Å². The topological polar surface area (TPSA) is 88.2 Å². The molecule has 0 atom stereocenters. The van der Waals surface area contributed by atoms with E-state index >= 15 is 0 Å². The molecule has 0 spiro atoms. The zero-order valence-corrected chi connectivity index (χ0v) is 15.1. The molecule has 6 heteroatoms. The van der Waals surface area contributed by atoms with Crippen LogP contribution in [0, 0.1) is 5.41 Å². The van der Waals surface area contributed by atoms with Gasteiger partial charge in [0.2, 0.25) is 11.8 Å². The third-order valence-corrected chi connectivity index (χ3v) is 5.05. The van der Waals surface area contributed by atoms with Gasteiger partial charge in [-0.3, -0.25) is 0 Å². The number of nitrogens with one attached hydrogen (secondary N) is 1. The van der Waals surface area contributed by atoms with Gasteiger partial charge in [-0.15, -0.1) is 10.2 Å². The molecule has 1 aliphatic carbocycles. The quantitative estimate of drug-likeness (QED) is 0.856. The molecule has 0 radical (unpaired) electrons. The van der Waals surface area contributed by atoms with Gasteiger partial charge in [-0.05, 0) is 31.1 Å². The average Bonchev–Trinajstić information content (AvgIpc) is 2.87. The van der Waals surface area contributed by atoms with Gasteiger partial charge in [-0.1, -0.05) is 41.5 Å². The molecule has 2 N–H and O–H groups in total. The Balaban J connectivity index is 2.13. The molecule has 1 saturated carbocycles. The van der Waals surface area contributed by atoms with Gasteiger partial charge in [0, 0.05) is 16.9 Å². The normalized spacial score (nSPS) is 26.1. The second-order valence-corrected chi connectivity index (χ2v) is 8.73. The highest BCUT2D eigenvalue weighted by atomic mass is 16.4. The molecule has 1 heterocycles. The van der Waals surface area contributed by atoms with E-state index in [1.54, 1.807) is 0 Å². The predicted molar refractivity (Wildman–Crippen MR) is 87.6 cm³/mol. The SMILES string of the molecule is CC(C)(C)c1nnc(C2CCC(NC(=O)O)(C(C)(C)C)CC2)o1. The van der Waals surface area contributed by atoms with Crippen molar-refractivity contribution in [1.29, 1.82) is 0 Å². The van der Waals surface area contributed by atoms with E-state index < -0.39 is 11.6 Å². The fourth-order valence-electron chi connectivity index (χ4n) is 3.33. The Labute approximate surface area is 138 Å². The Hall–Kier alpha value is -1.59. The van der Waals surface area contributed by atoms with Crippen LogP contribution in [0.15, 0.2) is 4.42 Å². The smallest absolute Gasteiger partial charge is 0.405 e. The first-order valence-electron chi connectivity index (χ1n) is 8.30. The van der Waals surface area contributed by atoms with Crippen molar-refractivity contribution in [2.45, 2.75) is 84.1 Å². The third-order valence-electron chi connectivity index (χ3n) is 5.05. The molecule has 23 heavy (non-hydrogen) atoms. The first kappa shape index (κ1) is 17.8. The summed E-state index contributed by atoms with van der Waals surface area (Å²) in [6.07, 6.45) is 2.31. The maximum Gasteiger partial charge on any atom is 0.405 e. The van der Waals surface area contributed by atoms with Crippen LogP contribution in [-0.2, 0) is 5.41 Å². The summed E-state index contributed by atoms with van der Waals surface area (Å²) in [5, 5.41) is 20.4. The van der Waals surface area contributed by atoms with Gasteiger partial charge < -0.3 is 14.8 Å². The highest BCUT2D eigenvalue weighted by Gasteiger charge is 2.46. The zero-order valence-electron chi connectivity index (χ0n) is 15.1. The first-order valence-corrected chi connectivity index (χ1v) is 8.30. The summed E-state index contributed by atoms with van der Waals surface area (Å²) in [7, 11) is 0. The molecule has 1 aromatic heterocycles. The van der Waals surface area contributed by atoms with Crippen molar-refractivity contribution >= 4 is 6.09 Å². The van der Waals surface area contributed by atoms with Crippen LogP contribution in [0.1, 0.15) is 84.9 Å². The standard InChI is InChI=1S/C17H29N3O3/c1-15(2,3)13-20-19-12(23-13)11-7-9-17(10-8-11,16(4,5)6)18-14(21)22/h11,18H,7-10H2,1-6H3,(H,21,22). The maximum absolute atomic E-state index is 11.2.